The molecule has 3 aromatic rings. The third kappa shape index (κ3) is 2.85. The van der Waals surface area contributed by atoms with Crippen molar-refractivity contribution in [3.05, 3.63) is 58.9 Å². The summed E-state index contributed by atoms with van der Waals surface area (Å²) in [5.74, 6) is 0.814. The summed E-state index contributed by atoms with van der Waals surface area (Å²) in [6.45, 7) is 0.556. The first-order valence-corrected chi connectivity index (χ1v) is 10.5. The van der Waals surface area contributed by atoms with Crippen LogP contribution in [0.1, 0.15) is 37.1 Å². The Bertz CT molecular complexity index is 1160. The summed E-state index contributed by atoms with van der Waals surface area (Å²) in [6.07, 6.45) is 1.69. The molecule has 0 atom stereocenters. The van der Waals surface area contributed by atoms with Crippen molar-refractivity contribution in [1.82, 2.24) is 9.55 Å². The second-order valence-corrected chi connectivity index (χ2v) is 8.53. The van der Waals surface area contributed by atoms with E-state index in [1.54, 1.807) is 11.0 Å². The van der Waals surface area contributed by atoms with Gasteiger partial charge in [0.1, 0.15) is 11.6 Å². The van der Waals surface area contributed by atoms with Gasteiger partial charge in [-0.25, -0.2) is 4.98 Å². The van der Waals surface area contributed by atoms with Gasteiger partial charge in [0.15, 0.2) is 0 Å². The highest BCUT2D eigenvalue weighted by Crippen LogP contribution is 2.52. The summed E-state index contributed by atoms with van der Waals surface area (Å²) >= 11 is 6.15. The number of amides is 1. The van der Waals surface area contributed by atoms with Crippen LogP contribution in [0.3, 0.4) is 0 Å². The third-order valence-corrected chi connectivity index (χ3v) is 6.45. The number of hydrogen-bond donors (Lipinski definition) is 0. The van der Waals surface area contributed by atoms with E-state index in [9.17, 15) is 14.0 Å². The van der Waals surface area contributed by atoms with Gasteiger partial charge in [0, 0.05) is 30.1 Å². The molecule has 1 spiro atoms. The Hall–Kier alpha value is -2.73. The first-order valence-electron chi connectivity index (χ1n) is 10.2. The lowest BCUT2D eigenvalue weighted by Gasteiger charge is -2.35. The van der Waals surface area contributed by atoms with Gasteiger partial charge in [0.05, 0.1) is 29.7 Å². The Balaban J connectivity index is 1.55. The molecule has 5 rings (SSSR count). The minimum atomic E-state index is -0.720. The second kappa shape index (κ2) is 7.20. The van der Waals surface area contributed by atoms with E-state index < -0.39 is 5.41 Å². The zero-order valence-corrected chi connectivity index (χ0v) is 17.2. The molecule has 0 saturated heterocycles. The number of aryl methyl sites for hydroxylation is 1. The zero-order chi connectivity index (χ0) is 20.9. The highest BCUT2D eigenvalue weighted by Gasteiger charge is 2.58. The third-order valence-electron chi connectivity index (χ3n) is 6.22. The van der Waals surface area contributed by atoms with Gasteiger partial charge in [0.25, 0.3) is 0 Å². The monoisotopic (exact) mass is 425 g/mol. The number of Topliss-reactive ketones (excluding diaryl/α,β-unsaturated/α-hetero) is 1. The van der Waals surface area contributed by atoms with Crippen LogP contribution in [-0.4, -0.2) is 27.9 Å². The molecule has 0 bridgehead atoms. The van der Waals surface area contributed by atoms with Crippen LogP contribution < -0.4 is 4.90 Å². The number of hydrogen-bond acceptors (Lipinski definition) is 3. The van der Waals surface area contributed by atoms with Crippen molar-refractivity contribution in [2.45, 2.75) is 44.2 Å². The average molecular weight is 426 g/mol. The molecule has 0 unspecified atom stereocenters. The largest absolute Gasteiger partial charge is 0.326 e. The zero-order valence-electron chi connectivity index (χ0n) is 16.4. The lowest BCUT2D eigenvalue weighted by atomic mass is 9.64. The molecule has 1 aromatic heterocycles. The van der Waals surface area contributed by atoms with Gasteiger partial charge >= 0.3 is 0 Å². The van der Waals surface area contributed by atoms with Gasteiger partial charge in [-0.2, -0.15) is 0 Å². The first-order chi connectivity index (χ1) is 14.5. The standard InChI is InChI=1S/C23H21ClFN3O2/c24-15-7-8-20-18(11-15)26-21(27(20)10-4-3-9-25)14-28-19-6-2-1-5-17(19)23(22(28)30)12-16(29)13-23/h1-2,5-8,11H,3-4,9-10,12-14H2. The maximum absolute atomic E-state index is 13.4. The van der Waals surface area contributed by atoms with Crippen molar-refractivity contribution in [3.8, 4) is 0 Å². The van der Waals surface area contributed by atoms with E-state index in [1.807, 2.05) is 41.0 Å². The fraction of sp³-hybridized carbons (Fsp3) is 0.348. The quantitative estimate of drug-likeness (QED) is 0.543. The maximum Gasteiger partial charge on any atom is 0.239 e. The Morgan fingerprint density at radius 3 is 2.67 bits per heavy atom. The van der Waals surface area contributed by atoms with Crippen LogP contribution in [0.4, 0.5) is 10.1 Å². The van der Waals surface area contributed by atoms with Crippen LogP contribution >= 0.6 is 11.6 Å². The predicted octanol–water partition coefficient (Wildman–Crippen LogP) is 4.59. The number of unbranched alkanes of at least 4 members (excludes halogenated alkanes) is 1. The summed E-state index contributed by atoms with van der Waals surface area (Å²) in [6, 6.07) is 13.2. The normalized spacial score (nSPS) is 17.1. The van der Waals surface area contributed by atoms with Crippen molar-refractivity contribution in [2.24, 2.45) is 0 Å². The van der Waals surface area contributed by atoms with Crippen molar-refractivity contribution >= 4 is 40.0 Å². The molecular formula is C23H21ClFN3O2. The van der Waals surface area contributed by atoms with E-state index >= 15 is 0 Å². The lowest BCUT2D eigenvalue weighted by Crippen LogP contribution is -2.49. The molecule has 1 amide bonds. The molecule has 2 heterocycles. The summed E-state index contributed by atoms with van der Waals surface area (Å²) in [5.41, 5.74) is 2.73. The summed E-state index contributed by atoms with van der Waals surface area (Å²) in [4.78, 5) is 31.7. The van der Waals surface area contributed by atoms with E-state index in [-0.39, 0.29) is 31.2 Å². The number of carbonyl (C=O) groups excluding carboxylic acids is 2. The van der Waals surface area contributed by atoms with Gasteiger partial charge in [0.2, 0.25) is 5.91 Å². The van der Waals surface area contributed by atoms with E-state index in [0.29, 0.717) is 31.0 Å². The first kappa shape index (κ1) is 19.2. The Morgan fingerprint density at radius 1 is 1.10 bits per heavy atom. The summed E-state index contributed by atoms with van der Waals surface area (Å²) < 4.78 is 14.7. The Kier molecular flexibility index (Phi) is 4.62. The van der Waals surface area contributed by atoms with Crippen LogP contribution in [0.15, 0.2) is 42.5 Å². The highest BCUT2D eigenvalue weighted by atomic mass is 35.5. The number of para-hydroxylation sites is 1. The van der Waals surface area contributed by atoms with Gasteiger partial charge in [-0.05, 0) is 42.7 Å². The molecule has 1 aliphatic heterocycles. The van der Waals surface area contributed by atoms with E-state index in [1.165, 1.54) is 0 Å². The maximum atomic E-state index is 13.4. The topological polar surface area (TPSA) is 55.2 Å². The molecule has 7 heteroatoms. The van der Waals surface area contributed by atoms with Gasteiger partial charge in [-0.15, -0.1) is 0 Å². The van der Waals surface area contributed by atoms with E-state index in [4.69, 9.17) is 16.6 Å². The van der Waals surface area contributed by atoms with Crippen LogP contribution in [-0.2, 0) is 28.1 Å². The fourth-order valence-corrected chi connectivity index (χ4v) is 4.91. The van der Waals surface area contributed by atoms with Gasteiger partial charge in [-0.1, -0.05) is 29.8 Å². The van der Waals surface area contributed by atoms with Crippen LogP contribution in [0.25, 0.3) is 11.0 Å². The minimum Gasteiger partial charge on any atom is -0.326 e. The number of ketones is 1. The molecule has 154 valence electrons. The van der Waals surface area contributed by atoms with Crippen molar-refractivity contribution in [3.63, 3.8) is 0 Å². The number of benzene rings is 2. The molecular weight excluding hydrogens is 405 g/mol. The van der Waals surface area contributed by atoms with E-state index in [2.05, 4.69) is 0 Å². The molecule has 5 nitrogen and oxygen atoms in total. The predicted molar refractivity (Wildman–Crippen MR) is 114 cm³/mol. The molecule has 0 N–H and O–H groups in total. The molecule has 1 aliphatic carbocycles. The number of carbonyl (C=O) groups is 2. The molecule has 1 saturated carbocycles. The number of aromatic nitrogens is 2. The van der Waals surface area contributed by atoms with Crippen molar-refractivity contribution in [2.75, 3.05) is 11.6 Å². The minimum absolute atomic E-state index is 0.0382. The number of anilines is 1. The van der Waals surface area contributed by atoms with Crippen molar-refractivity contribution < 1.29 is 14.0 Å². The fourth-order valence-electron chi connectivity index (χ4n) is 4.75. The smallest absolute Gasteiger partial charge is 0.239 e. The van der Waals surface area contributed by atoms with Gasteiger partial charge in [-0.3, -0.25) is 14.0 Å². The SMILES string of the molecule is O=C1CC2(C1)C(=O)N(Cc1nc3cc(Cl)ccc3n1CCCCF)c1ccccc12. The second-order valence-electron chi connectivity index (χ2n) is 8.09. The summed E-state index contributed by atoms with van der Waals surface area (Å²) in [5, 5.41) is 0.594. The number of fused-ring (bicyclic) bond motifs is 3. The number of imidazole rings is 1. The van der Waals surface area contributed by atoms with Crippen LogP contribution in [0, 0.1) is 0 Å². The van der Waals surface area contributed by atoms with Crippen LogP contribution in [0.2, 0.25) is 5.02 Å². The molecule has 1 fully saturated rings. The number of alkyl halides is 1. The summed E-state index contributed by atoms with van der Waals surface area (Å²) in [7, 11) is 0. The van der Waals surface area contributed by atoms with Crippen LogP contribution in [0.5, 0.6) is 0 Å². The lowest BCUT2D eigenvalue weighted by molar-refractivity contribution is -0.138. The molecule has 2 aromatic carbocycles. The number of rotatable bonds is 6. The molecule has 0 radical (unpaired) electrons. The van der Waals surface area contributed by atoms with E-state index in [0.717, 1.165) is 28.1 Å². The van der Waals surface area contributed by atoms with Gasteiger partial charge < -0.3 is 9.47 Å². The highest BCUT2D eigenvalue weighted by molar-refractivity contribution is 6.31. The molecule has 30 heavy (non-hydrogen) atoms. The number of halogens is 2. The molecule has 2 aliphatic rings. The Morgan fingerprint density at radius 2 is 1.90 bits per heavy atom. The number of nitrogens with zero attached hydrogens (tertiary/aromatic N) is 3. The average Bonchev–Trinajstić information content (AvgIpc) is 3.16. The Labute approximate surface area is 178 Å². The van der Waals surface area contributed by atoms with Crippen molar-refractivity contribution in [1.29, 1.82) is 0 Å².